The van der Waals surface area contributed by atoms with Gasteiger partial charge in [-0.2, -0.15) is 0 Å². The Balaban J connectivity index is 1.66. The molecule has 3 fully saturated rings. The van der Waals surface area contributed by atoms with Crippen molar-refractivity contribution in [3.05, 3.63) is 24.3 Å². The van der Waals surface area contributed by atoms with Crippen molar-refractivity contribution in [1.82, 2.24) is 0 Å². The topological polar surface area (TPSA) is 20.2 Å². The van der Waals surface area contributed by atoms with E-state index in [4.69, 9.17) is 0 Å². The molecule has 0 bridgehead atoms. The van der Waals surface area contributed by atoms with Gasteiger partial charge in [0.15, 0.2) is 0 Å². The molecular formula is C19H28O. The van der Waals surface area contributed by atoms with E-state index in [1.807, 2.05) is 0 Å². The molecule has 3 saturated carbocycles. The van der Waals surface area contributed by atoms with Gasteiger partial charge in [-0.25, -0.2) is 0 Å². The van der Waals surface area contributed by atoms with E-state index in [0.717, 1.165) is 24.2 Å². The van der Waals surface area contributed by atoms with Crippen LogP contribution in [-0.2, 0) is 0 Å². The van der Waals surface area contributed by atoms with Crippen LogP contribution < -0.4 is 0 Å². The molecule has 0 aromatic heterocycles. The molecule has 6 atom stereocenters. The highest BCUT2D eigenvalue weighted by Crippen LogP contribution is 2.61. The van der Waals surface area contributed by atoms with Crippen LogP contribution in [0, 0.1) is 29.1 Å². The van der Waals surface area contributed by atoms with Crippen molar-refractivity contribution in [1.29, 1.82) is 0 Å². The molecule has 0 unspecified atom stereocenters. The standard InChI is InChI=1S/C19H28O/c1-2-19-12-11-15-14-6-4-3-5-13(14)7-8-16(15)17(19)9-10-18(19)20/h2,7,14-18,20H,1,3-6,8-12H2/t14-,15+,16+,17-,18-,19-/m0/s1. The van der Waals surface area contributed by atoms with Crippen molar-refractivity contribution in [3.63, 3.8) is 0 Å². The highest BCUT2D eigenvalue weighted by molar-refractivity contribution is 5.21. The van der Waals surface area contributed by atoms with Crippen LogP contribution in [0.4, 0.5) is 0 Å². The Bertz CT molecular complexity index is 437. The van der Waals surface area contributed by atoms with Crippen LogP contribution >= 0.6 is 0 Å². The summed E-state index contributed by atoms with van der Waals surface area (Å²) in [5.74, 6) is 3.33. The lowest BCUT2D eigenvalue weighted by molar-refractivity contribution is -0.0275. The van der Waals surface area contributed by atoms with Crippen LogP contribution in [0.15, 0.2) is 24.3 Å². The first-order valence-corrected chi connectivity index (χ1v) is 8.77. The lowest BCUT2D eigenvalue weighted by atomic mass is 9.52. The molecule has 0 heterocycles. The summed E-state index contributed by atoms with van der Waals surface area (Å²) in [5, 5.41) is 10.5. The summed E-state index contributed by atoms with van der Waals surface area (Å²) in [5.41, 5.74) is 1.85. The minimum atomic E-state index is -0.123. The molecule has 0 aromatic carbocycles. The molecule has 4 rings (SSSR count). The van der Waals surface area contributed by atoms with E-state index >= 15 is 0 Å². The van der Waals surface area contributed by atoms with Gasteiger partial charge in [-0.3, -0.25) is 0 Å². The van der Waals surface area contributed by atoms with Gasteiger partial charge in [0.2, 0.25) is 0 Å². The summed E-state index contributed by atoms with van der Waals surface area (Å²) in [6, 6.07) is 0. The third kappa shape index (κ3) is 1.65. The zero-order chi connectivity index (χ0) is 13.7. The molecule has 0 aliphatic heterocycles. The van der Waals surface area contributed by atoms with Crippen LogP contribution in [0.5, 0.6) is 0 Å². The van der Waals surface area contributed by atoms with E-state index in [-0.39, 0.29) is 11.5 Å². The largest absolute Gasteiger partial charge is 0.392 e. The van der Waals surface area contributed by atoms with Gasteiger partial charge in [0.1, 0.15) is 0 Å². The molecule has 110 valence electrons. The van der Waals surface area contributed by atoms with Crippen molar-refractivity contribution in [2.75, 3.05) is 0 Å². The minimum Gasteiger partial charge on any atom is -0.392 e. The predicted molar refractivity (Wildman–Crippen MR) is 82.2 cm³/mol. The first-order valence-electron chi connectivity index (χ1n) is 8.77. The summed E-state index contributed by atoms with van der Waals surface area (Å²) in [6.07, 6.45) is 16.3. The highest BCUT2D eigenvalue weighted by Gasteiger charge is 2.56. The number of aliphatic hydroxyl groups excluding tert-OH is 1. The maximum Gasteiger partial charge on any atom is 0.0633 e. The van der Waals surface area contributed by atoms with Crippen molar-refractivity contribution < 1.29 is 5.11 Å². The van der Waals surface area contributed by atoms with Crippen molar-refractivity contribution in [2.24, 2.45) is 29.1 Å². The van der Waals surface area contributed by atoms with E-state index < -0.39 is 0 Å². The fourth-order valence-electron chi connectivity index (χ4n) is 6.34. The Hall–Kier alpha value is -0.560. The van der Waals surface area contributed by atoms with Crippen LogP contribution in [0.25, 0.3) is 0 Å². The Kier molecular flexibility index (Phi) is 3.10. The quantitative estimate of drug-likeness (QED) is 0.698. The molecule has 1 N–H and O–H groups in total. The fourth-order valence-corrected chi connectivity index (χ4v) is 6.34. The fraction of sp³-hybridized carbons (Fsp3) is 0.789. The highest BCUT2D eigenvalue weighted by atomic mass is 16.3. The summed E-state index contributed by atoms with van der Waals surface area (Å²) < 4.78 is 0. The normalized spacial score (nSPS) is 50.6. The SMILES string of the molecule is C=C[C@]12CC[C@H]3[C@@H](CC=C4CCCC[C@@H]43)[C@@H]1CC[C@@H]2O. The van der Waals surface area contributed by atoms with Crippen LogP contribution in [-0.4, -0.2) is 11.2 Å². The minimum absolute atomic E-state index is 0.0567. The number of hydrogen-bond donors (Lipinski definition) is 1. The maximum absolute atomic E-state index is 10.5. The molecule has 1 heteroatoms. The third-order valence-corrected chi connectivity index (χ3v) is 7.30. The molecule has 0 amide bonds. The summed E-state index contributed by atoms with van der Waals surface area (Å²) >= 11 is 0. The Morgan fingerprint density at radius 3 is 2.90 bits per heavy atom. The summed E-state index contributed by atoms with van der Waals surface area (Å²) in [7, 11) is 0. The number of allylic oxidation sites excluding steroid dienone is 2. The Labute approximate surface area is 123 Å². The molecule has 0 aromatic rings. The molecule has 0 saturated heterocycles. The summed E-state index contributed by atoms with van der Waals surface area (Å²) in [4.78, 5) is 0. The average Bonchev–Trinajstić information content (AvgIpc) is 2.85. The lowest BCUT2D eigenvalue weighted by Crippen LogP contribution is -2.47. The molecule has 1 nitrogen and oxygen atoms in total. The van der Waals surface area contributed by atoms with Gasteiger partial charge in [-0.1, -0.05) is 24.1 Å². The van der Waals surface area contributed by atoms with Crippen LogP contribution in [0.2, 0.25) is 0 Å². The second kappa shape index (κ2) is 4.73. The third-order valence-electron chi connectivity index (χ3n) is 7.30. The van der Waals surface area contributed by atoms with Gasteiger partial charge in [0.25, 0.3) is 0 Å². The van der Waals surface area contributed by atoms with E-state index in [2.05, 4.69) is 18.7 Å². The molecule has 0 spiro atoms. The van der Waals surface area contributed by atoms with Gasteiger partial charge in [-0.15, -0.1) is 6.58 Å². The van der Waals surface area contributed by atoms with E-state index in [1.165, 1.54) is 51.4 Å². The maximum atomic E-state index is 10.5. The van der Waals surface area contributed by atoms with Gasteiger partial charge in [-0.05, 0) is 75.0 Å². The van der Waals surface area contributed by atoms with Crippen LogP contribution in [0.3, 0.4) is 0 Å². The molecule has 20 heavy (non-hydrogen) atoms. The lowest BCUT2D eigenvalue weighted by Gasteiger charge is -2.53. The van der Waals surface area contributed by atoms with Gasteiger partial charge in [0.05, 0.1) is 6.10 Å². The summed E-state index contributed by atoms with van der Waals surface area (Å²) in [6.45, 7) is 4.11. The van der Waals surface area contributed by atoms with Crippen molar-refractivity contribution in [3.8, 4) is 0 Å². The van der Waals surface area contributed by atoms with E-state index in [0.29, 0.717) is 5.92 Å². The Morgan fingerprint density at radius 1 is 1.15 bits per heavy atom. The number of rotatable bonds is 1. The second-order valence-electron chi connectivity index (χ2n) is 7.75. The van der Waals surface area contributed by atoms with E-state index in [1.54, 1.807) is 5.57 Å². The zero-order valence-corrected chi connectivity index (χ0v) is 12.6. The van der Waals surface area contributed by atoms with Crippen molar-refractivity contribution in [2.45, 2.75) is 63.9 Å². The van der Waals surface area contributed by atoms with E-state index in [9.17, 15) is 5.11 Å². The monoisotopic (exact) mass is 272 g/mol. The van der Waals surface area contributed by atoms with Gasteiger partial charge in [0, 0.05) is 5.41 Å². The first kappa shape index (κ1) is 13.1. The smallest absolute Gasteiger partial charge is 0.0633 e. The van der Waals surface area contributed by atoms with Crippen molar-refractivity contribution >= 4 is 0 Å². The zero-order valence-electron chi connectivity index (χ0n) is 12.6. The second-order valence-corrected chi connectivity index (χ2v) is 7.75. The van der Waals surface area contributed by atoms with Gasteiger partial charge < -0.3 is 5.11 Å². The average molecular weight is 272 g/mol. The molecular weight excluding hydrogens is 244 g/mol. The Morgan fingerprint density at radius 2 is 2.05 bits per heavy atom. The molecule has 4 aliphatic rings. The first-order chi connectivity index (χ1) is 9.76. The molecule has 0 radical (unpaired) electrons. The number of fused-ring (bicyclic) bond motifs is 5. The number of aliphatic hydroxyl groups is 1. The predicted octanol–water partition coefficient (Wildman–Crippen LogP) is 4.48. The van der Waals surface area contributed by atoms with Gasteiger partial charge >= 0.3 is 0 Å². The molecule has 4 aliphatic carbocycles. The number of hydrogen-bond acceptors (Lipinski definition) is 1. The van der Waals surface area contributed by atoms with Crippen LogP contribution in [0.1, 0.15) is 57.8 Å².